The zero-order valence-corrected chi connectivity index (χ0v) is 16.4. The van der Waals surface area contributed by atoms with Crippen LogP contribution in [0.15, 0.2) is 18.2 Å². The number of nitrogens with two attached hydrogens (primary N) is 1. The maximum atomic E-state index is 13.6. The van der Waals surface area contributed by atoms with E-state index in [1.165, 1.54) is 17.9 Å². The lowest BCUT2D eigenvalue weighted by molar-refractivity contribution is -0.156. The van der Waals surface area contributed by atoms with Gasteiger partial charge in [0.1, 0.15) is 6.61 Å². The van der Waals surface area contributed by atoms with E-state index in [2.05, 4.69) is 5.32 Å². The SMILES string of the molecule is CCN(CC(F)(F)F)[C@H](C(N)=O)C(=O)Nc1ccc(N2CCOCC2=O)cc1C(F)F. The molecule has 1 aliphatic rings. The van der Waals surface area contributed by atoms with E-state index in [0.29, 0.717) is 4.90 Å². The van der Waals surface area contributed by atoms with Crippen molar-refractivity contribution in [1.82, 2.24) is 4.90 Å². The molecule has 1 heterocycles. The molecule has 0 radical (unpaired) electrons. The smallest absolute Gasteiger partial charge is 0.370 e. The molecule has 1 aromatic carbocycles. The molecule has 0 unspecified atom stereocenters. The van der Waals surface area contributed by atoms with Crippen molar-refractivity contribution in [3.8, 4) is 0 Å². The molecule has 31 heavy (non-hydrogen) atoms. The molecule has 1 saturated heterocycles. The number of likely N-dealkylation sites (N-methyl/N-ethyl adjacent to an activating group) is 1. The molecule has 1 atom stereocenters. The normalized spacial score (nSPS) is 16.0. The van der Waals surface area contributed by atoms with Gasteiger partial charge in [-0.25, -0.2) is 8.78 Å². The first-order valence-corrected chi connectivity index (χ1v) is 9.15. The van der Waals surface area contributed by atoms with Crippen LogP contribution in [-0.2, 0) is 19.1 Å². The Balaban J connectivity index is 2.31. The van der Waals surface area contributed by atoms with Crippen LogP contribution in [0.3, 0.4) is 0 Å². The molecule has 0 saturated carbocycles. The number of nitrogens with one attached hydrogen (secondary N) is 1. The summed E-state index contributed by atoms with van der Waals surface area (Å²) in [7, 11) is 0. The Morgan fingerprint density at radius 3 is 2.52 bits per heavy atom. The number of ether oxygens (including phenoxy) is 1. The minimum absolute atomic E-state index is 0.139. The third kappa shape index (κ3) is 6.34. The summed E-state index contributed by atoms with van der Waals surface area (Å²) in [4.78, 5) is 37.8. The molecular weight excluding hydrogens is 431 g/mol. The van der Waals surface area contributed by atoms with Gasteiger partial charge < -0.3 is 20.7 Å². The predicted molar refractivity (Wildman–Crippen MR) is 99.5 cm³/mol. The topological polar surface area (TPSA) is 105 Å². The predicted octanol–water partition coefficient (Wildman–Crippen LogP) is 1.66. The van der Waals surface area contributed by atoms with Crippen molar-refractivity contribution in [2.45, 2.75) is 25.6 Å². The van der Waals surface area contributed by atoms with Crippen molar-refractivity contribution in [2.75, 3.05) is 43.1 Å². The number of alkyl halides is 5. The van der Waals surface area contributed by atoms with Crippen LogP contribution in [0.25, 0.3) is 0 Å². The van der Waals surface area contributed by atoms with Crippen molar-refractivity contribution in [3.63, 3.8) is 0 Å². The van der Waals surface area contributed by atoms with E-state index in [9.17, 15) is 36.3 Å². The van der Waals surface area contributed by atoms with E-state index in [4.69, 9.17) is 10.5 Å². The molecule has 1 aromatic rings. The molecule has 3 N–H and O–H groups in total. The maximum Gasteiger partial charge on any atom is 0.401 e. The highest BCUT2D eigenvalue weighted by Gasteiger charge is 2.38. The van der Waals surface area contributed by atoms with Gasteiger partial charge in [-0.2, -0.15) is 13.2 Å². The molecule has 2 rings (SSSR count). The second-order valence-corrected chi connectivity index (χ2v) is 6.64. The molecule has 0 aromatic heterocycles. The van der Waals surface area contributed by atoms with Crippen LogP contribution in [0.5, 0.6) is 0 Å². The van der Waals surface area contributed by atoms with Crippen LogP contribution in [0, 0.1) is 0 Å². The summed E-state index contributed by atoms with van der Waals surface area (Å²) >= 11 is 0. The van der Waals surface area contributed by atoms with Crippen molar-refractivity contribution >= 4 is 29.1 Å². The molecule has 0 spiro atoms. The van der Waals surface area contributed by atoms with E-state index in [-0.39, 0.29) is 32.0 Å². The summed E-state index contributed by atoms with van der Waals surface area (Å²) in [5.41, 5.74) is 4.16. The minimum Gasteiger partial charge on any atom is -0.370 e. The number of hydrogen-bond acceptors (Lipinski definition) is 5. The lowest BCUT2D eigenvalue weighted by Gasteiger charge is -2.29. The Bertz CT molecular complexity index is 834. The van der Waals surface area contributed by atoms with Gasteiger partial charge in [-0.3, -0.25) is 19.3 Å². The van der Waals surface area contributed by atoms with Gasteiger partial charge >= 0.3 is 6.18 Å². The Kier molecular flexibility index (Phi) is 7.90. The standard InChI is InChI=1S/C18H21F5N4O4/c1-2-26(9-18(21,22)23)14(16(24)29)17(30)25-12-4-3-10(7-11(12)15(19)20)27-5-6-31-8-13(27)28/h3-4,7,14-15H,2,5-6,8-9H2,1H3,(H2,24,29)(H,25,30)/t14-/m1/s1. The van der Waals surface area contributed by atoms with E-state index in [0.717, 1.165) is 12.1 Å². The van der Waals surface area contributed by atoms with Crippen LogP contribution in [-0.4, -0.2) is 67.7 Å². The molecule has 0 aliphatic carbocycles. The van der Waals surface area contributed by atoms with E-state index < -0.39 is 54.2 Å². The summed E-state index contributed by atoms with van der Waals surface area (Å²) in [6, 6.07) is 1.32. The molecule has 172 valence electrons. The number of anilines is 2. The van der Waals surface area contributed by atoms with E-state index in [1.807, 2.05) is 0 Å². The molecular formula is C18H21F5N4O4. The van der Waals surface area contributed by atoms with Crippen molar-refractivity contribution < 1.29 is 41.1 Å². The van der Waals surface area contributed by atoms with Gasteiger partial charge in [0.25, 0.3) is 18.2 Å². The average Bonchev–Trinajstić information content (AvgIpc) is 2.66. The number of morpholine rings is 1. The first kappa shape index (κ1) is 24.5. The lowest BCUT2D eigenvalue weighted by Crippen LogP contribution is -2.54. The third-order valence-electron chi connectivity index (χ3n) is 4.50. The number of halogens is 5. The zero-order valence-electron chi connectivity index (χ0n) is 16.4. The highest BCUT2D eigenvalue weighted by molar-refractivity contribution is 6.10. The quantitative estimate of drug-likeness (QED) is 0.461. The number of nitrogens with zero attached hydrogens (tertiary/aromatic N) is 2. The summed E-state index contributed by atoms with van der Waals surface area (Å²) in [6.45, 7) is -0.520. The number of primary amides is 1. The van der Waals surface area contributed by atoms with E-state index in [1.54, 1.807) is 0 Å². The van der Waals surface area contributed by atoms with Crippen LogP contribution < -0.4 is 16.0 Å². The number of hydrogen-bond donors (Lipinski definition) is 2. The zero-order chi connectivity index (χ0) is 23.3. The largest absolute Gasteiger partial charge is 0.401 e. The molecule has 1 fully saturated rings. The number of carbonyl (C=O) groups is 3. The van der Waals surface area contributed by atoms with Crippen LogP contribution in [0.1, 0.15) is 18.9 Å². The van der Waals surface area contributed by atoms with Gasteiger partial charge in [0, 0.05) is 23.5 Å². The number of carbonyl (C=O) groups excluding carboxylic acids is 3. The summed E-state index contributed by atoms with van der Waals surface area (Å²) in [5, 5.41) is 2.06. The molecule has 3 amide bonds. The number of benzene rings is 1. The van der Waals surface area contributed by atoms with E-state index >= 15 is 0 Å². The Hall–Kier alpha value is -2.80. The summed E-state index contributed by atoms with van der Waals surface area (Å²) < 4.78 is 70.5. The second kappa shape index (κ2) is 10.0. The van der Waals surface area contributed by atoms with Gasteiger partial charge in [0.05, 0.1) is 13.2 Å². The Morgan fingerprint density at radius 2 is 2.00 bits per heavy atom. The summed E-state index contributed by atoms with van der Waals surface area (Å²) in [5.74, 6) is -3.09. The van der Waals surface area contributed by atoms with Gasteiger partial charge in [-0.05, 0) is 24.7 Å². The Morgan fingerprint density at radius 1 is 1.32 bits per heavy atom. The van der Waals surface area contributed by atoms with Crippen LogP contribution in [0.4, 0.5) is 33.3 Å². The average molecular weight is 452 g/mol. The van der Waals surface area contributed by atoms with Gasteiger partial charge in [-0.1, -0.05) is 6.92 Å². The maximum absolute atomic E-state index is 13.6. The monoisotopic (exact) mass is 452 g/mol. The van der Waals surface area contributed by atoms with Gasteiger partial charge in [0.15, 0.2) is 6.04 Å². The van der Waals surface area contributed by atoms with Crippen molar-refractivity contribution in [2.24, 2.45) is 5.73 Å². The minimum atomic E-state index is -4.72. The van der Waals surface area contributed by atoms with Gasteiger partial charge in [0.2, 0.25) is 5.91 Å². The third-order valence-corrected chi connectivity index (χ3v) is 4.50. The molecule has 1 aliphatic heterocycles. The molecule has 0 bridgehead atoms. The second-order valence-electron chi connectivity index (χ2n) is 6.64. The lowest BCUT2D eigenvalue weighted by atomic mass is 10.1. The fraction of sp³-hybridized carbons (Fsp3) is 0.500. The van der Waals surface area contributed by atoms with Crippen molar-refractivity contribution in [3.05, 3.63) is 23.8 Å². The first-order valence-electron chi connectivity index (χ1n) is 9.15. The molecule has 8 nitrogen and oxygen atoms in total. The highest BCUT2D eigenvalue weighted by atomic mass is 19.4. The number of amides is 3. The van der Waals surface area contributed by atoms with Gasteiger partial charge in [-0.15, -0.1) is 0 Å². The fourth-order valence-electron chi connectivity index (χ4n) is 3.10. The van der Waals surface area contributed by atoms with Crippen molar-refractivity contribution in [1.29, 1.82) is 0 Å². The molecule has 13 heteroatoms. The summed E-state index contributed by atoms with van der Waals surface area (Å²) in [6.07, 6.45) is -7.80. The number of rotatable bonds is 8. The fourth-order valence-corrected chi connectivity index (χ4v) is 3.10. The first-order chi connectivity index (χ1) is 14.4. The highest BCUT2D eigenvalue weighted by Crippen LogP contribution is 2.32. The Labute approximate surface area is 174 Å². The van der Waals surface area contributed by atoms with Crippen LogP contribution >= 0.6 is 0 Å². The van der Waals surface area contributed by atoms with Crippen LogP contribution in [0.2, 0.25) is 0 Å².